The fourth-order valence-corrected chi connectivity index (χ4v) is 39.7. The average molecular weight is 1280 g/mol. The Bertz CT molecular complexity index is 2430. The lowest BCUT2D eigenvalue weighted by Crippen LogP contribution is -2.72. The first-order valence-electron chi connectivity index (χ1n) is 26.1. The minimum absolute atomic E-state index is 0.0161. The minimum atomic E-state index is -3.32. The first kappa shape index (κ1) is 72.5. The minimum Gasteiger partial charge on any atom is -0.416 e. The van der Waals surface area contributed by atoms with Gasteiger partial charge in [0.15, 0.2) is 18.1 Å². The molecule has 0 aliphatic heterocycles. The Kier molecular flexibility index (Phi) is 29.8. The van der Waals surface area contributed by atoms with E-state index in [1.807, 2.05) is 143 Å². The average Bonchev–Trinajstić information content (AvgIpc) is 3.37. The SMILES string of the molecule is C=CCn1c(=O)n(CCC[Si](OC)(OC)OC)c(=O)n(CCC[Si](OC)(OC)OC)c1=O.C[SiH](C)O[Si](O)(O[SiH](C)C)c1ccccc1.C[Si](C)(O)O[Si](C)(C)O[Si](O[Si](C)(C)O[Si](C)(C)O)(c1ccccc1)c1ccccc1. The maximum Gasteiger partial charge on any atom is 0.513 e. The molecule has 0 saturated heterocycles. The van der Waals surface area contributed by atoms with Crippen LogP contribution in [-0.4, -0.2) is 158 Å². The molecule has 1 heterocycles. The molecule has 446 valence electrons. The molecule has 4 aromatic rings. The van der Waals surface area contributed by atoms with Gasteiger partial charge in [-0.15, -0.1) is 6.58 Å². The maximum absolute atomic E-state index is 13.0. The third kappa shape index (κ3) is 23.2. The number of benzene rings is 3. The number of rotatable bonds is 31. The van der Waals surface area contributed by atoms with Crippen LogP contribution in [0.4, 0.5) is 0 Å². The standard InChI is InChI=1S/C20H36O6Si5.C18H35N3O9Si2.C10H20O3Si3/c1-27(2,21)23-29(5,6)25-31(19-15-11-9-12-16-19,20-17-13-10-14-18-20)26-30(7,8)24-28(3,4)22;1-8-11-19-16(22)20(12-9-14-31(25-2,26-3)27-4)18(24)21(17(19)23)13-10-15-32(28-5,29-6)30-7;1-14(2)12-16(11,13-15(3)4)10-8-6-5-7-9-10/h9-18,21-22H,1-8H3;8H,1,9-15H2,2-7H3;5-9,11,14-15H,1-4H3. The Balaban J connectivity index is 0.000000427. The second kappa shape index (κ2) is 32.4. The Morgan fingerprint density at radius 2 is 0.759 bits per heavy atom. The van der Waals surface area contributed by atoms with E-state index in [1.54, 1.807) is 26.2 Å². The molecule has 0 unspecified atom stereocenters. The molecule has 1 aromatic heterocycles. The molecule has 0 spiro atoms. The van der Waals surface area contributed by atoms with Crippen LogP contribution in [0.15, 0.2) is 118 Å². The summed E-state index contributed by atoms with van der Waals surface area (Å²) >= 11 is 0. The van der Waals surface area contributed by atoms with Crippen LogP contribution in [0, 0.1) is 0 Å². The predicted molar refractivity (Wildman–Crippen MR) is 332 cm³/mol. The summed E-state index contributed by atoms with van der Waals surface area (Å²) in [5, 5.41) is 2.69. The second-order valence-corrected chi connectivity index (χ2v) is 51.6. The Labute approximate surface area is 480 Å². The van der Waals surface area contributed by atoms with Gasteiger partial charge in [0.05, 0.1) is 6.54 Å². The number of allylic oxidation sites excluding steroid dienone is 1. The lowest BCUT2D eigenvalue weighted by atomic mass is 10.4. The smallest absolute Gasteiger partial charge is 0.416 e. The van der Waals surface area contributed by atoms with Crippen molar-refractivity contribution in [2.45, 2.75) is 123 Å². The van der Waals surface area contributed by atoms with Crippen molar-refractivity contribution in [3.63, 3.8) is 0 Å². The molecule has 0 amide bonds. The van der Waals surface area contributed by atoms with Crippen molar-refractivity contribution in [2.75, 3.05) is 42.7 Å². The van der Waals surface area contributed by atoms with Gasteiger partial charge in [0, 0.05) is 73.0 Å². The van der Waals surface area contributed by atoms with Crippen LogP contribution in [0.3, 0.4) is 0 Å². The van der Waals surface area contributed by atoms with E-state index >= 15 is 0 Å². The molecule has 0 saturated carbocycles. The number of hydrogen-bond acceptors (Lipinski definition) is 18. The van der Waals surface area contributed by atoms with Crippen molar-refractivity contribution in [1.82, 2.24) is 13.7 Å². The number of nitrogens with zero attached hydrogens (tertiary/aromatic N) is 3. The molecule has 79 heavy (non-hydrogen) atoms. The zero-order valence-electron chi connectivity index (χ0n) is 49.9. The normalized spacial score (nSPS) is 13.0. The van der Waals surface area contributed by atoms with E-state index in [2.05, 4.69) is 6.58 Å². The molecule has 3 aromatic carbocycles. The fourth-order valence-electron chi connectivity index (χ4n) is 8.50. The van der Waals surface area contributed by atoms with Crippen molar-refractivity contribution < 1.29 is 65.6 Å². The Hall–Kier alpha value is -2.62. The van der Waals surface area contributed by atoms with Crippen molar-refractivity contribution in [1.29, 1.82) is 0 Å². The van der Waals surface area contributed by atoms with Crippen molar-refractivity contribution in [2.24, 2.45) is 0 Å². The summed E-state index contributed by atoms with van der Waals surface area (Å²) in [6, 6.07) is 30.1. The molecule has 21 nitrogen and oxygen atoms in total. The van der Waals surface area contributed by atoms with Crippen LogP contribution < -0.4 is 32.6 Å². The lowest BCUT2D eigenvalue weighted by molar-refractivity contribution is 0.122. The van der Waals surface area contributed by atoms with Crippen LogP contribution in [0.5, 0.6) is 0 Å². The Morgan fingerprint density at radius 3 is 1.03 bits per heavy atom. The molecule has 0 fully saturated rings. The highest BCUT2D eigenvalue weighted by Crippen LogP contribution is 2.26. The molecule has 31 heteroatoms. The summed E-state index contributed by atoms with van der Waals surface area (Å²) in [5.41, 5.74) is -2.06. The van der Waals surface area contributed by atoms with E-state index in [0.29, 0.717) is 24.9 Å². The summed E-state index contributed by atoms with van der Waals surface area (Å²) < 4.78 is 73.0. The van der Waals surface area contributed by atoms with Crippen LogP contribution in [0.1, 0.15) is 12.8 Å². The van der Waals surface area contributed by atoms with Gasteiger partial charge in [-0.05, 0) is 102 Å². The number of hydrogen-bond donors (Lipinski definition) is 3. The van der Waals surface area contributed by atoms with E-state index in [9.17, 15) is 28.8 Å². The molecule has 0 bridgehead atoms. The fraction of sp³-hybridized carbons (Fsp3) is 0.521. The van der Waals surface area contributed by atoms with Crippen LogP contribution >= 0.6 is 0 Å². The highest BCUT2D eigenvalue weighted by molar-refractivity contribution is 7.02. The largest absolute Gasteiger partial charge is 0.513 e. The van der Waals surface area contributed by atoms with Crippen molar-refractivity contribution in [3.05, 3.63) is 135 Å². The summed E-state index contributed by atoms with van der Waals surface area (Å²) in [7, 11) is -17.2. The van der Waals surface area contributed by atoms with E-state index in [1.165, 1.54) is 48.7 Å². The molecule has 4 rings (SSSR count). The van der Waals surface area contributed by atoms with Crippen molar-refractivity contribution >= 4 is 103 Å². The summed E-state index contributed by atoms with van der Waals surface area (Å²) in [6.07, 6.45) is 2.20. The zero-order chi connectivity index (χ0) is 60.1. The van der Waals surface area contributed by atoms with Crippen LogP contribution in [-0.2, 0) is 70.9 Å². The predicted octanol–water partition coefficient (Wildman–Crippen LogP) is 3.82. The summed E-state index contributed by atoms with van der Waals surface area (Å²) in [4.78, 5) is 70.2. The summed E-state index contributed by atoms with van der Waals surface area (Å²) in [6.45, 7) is 26.6. The lowest BCUT2D eigenvalue weighted by Gasteiger charge is -2.44. The van der Waals surface area contributed by atoms with Gasteiger partial charge in [-0.25, -0.2) is 28.1 Å². The van der Waals surface area contributed by atoms with Gasteiger partial charge >= 0.3 is 86.3 Å². The second-order valence-electron chi connectivity index (χ2n) is 20.6. The van der Waals surface area contributed by atoms with Gasteiger partial charge in [0.1, 0.15) is 0 Å². The zero-order valence-corrected chi connectivity index (χ0v) is 60.2. The Morgan fingerprint density at radius 1 is 0.468 bits per heavy atom. The first-order valence-corrected chi connectivity index (χ1v) is 50.4. The van der Waals surface area contributed by atoms with Crippen LogP contribution in [0.2, 0.25) is 90.7 Å². The van der Waals surface area contributed by atoms with E-state index in [0.717, 1.165) is 29.3 Å². The first-order chi connectivity index (χ1) is 36.7. The van der Waals surface area contributed by atoms with E-state index in [-0.39, 0.29) is 19.6 Å². The monoisotopic (exact) mass is 1280 g/mol. The van der Waals surface area contributed by atoms with Gasteiger partial charge in [-0.1, -0.05) is 97.1 Å². The highest BCUT2D eigenvalue weighted by Gasteiger charge is 2.54. The van der Waals surface area contributed by atoms with Gasteiger partial charge < -0.3 is 65.6 Å². The van der Waals surface area contributed by atoms with E-state index < -0.39 is 104 Å². The van der Waals surface area contributed by atoms with Crippen molar-refractivity contribution in [3.8, 4) is 0 Å². The third-order valence-electron chi connectivity index (χ3n) is 11.3. The topological polar surface area (TPSA) is 237 Å². The molecular weight excluding hydrogens is 1190 g/mol. The molecule has 3 N–H and O–H groups in total. The third-order valence-corrected chi connectivity index (χ3v) is 40.7. The van der Waals surface area contributed by atoms with Gasteiger partial charge in [-0.2, -0.15) is 0 Å². The van der Waals surface area contributed by atoms with Gasteiger partial charge in [0.2, 0.25) is 0 Å². The molecule has 0 atom stereocenters. The molecule has 0 aliphatic rings. The van der Waals surface area contributed by atoms with Gasteiger partial charge in [0.25, 0.3) is 0 Å². The molecule has 0 radical (unpaired) electrons. The highest BCUT2D eigenvalue weighted by atomic mass is 28.5. The maximum atomic E-state index is 13.0. The quantitative estimate of drug-likeness (QED) is 0.0480. The van der Waals surface area contributed by atoms with Crippen LogP contribution in [0.25, 0.3) is 0 Å². The van der Waals surface area contributed by atoms with E-state index in [4.69, 9.17) is 51.2 Å². The molecular formula is C48H91N3O18Si10. The molecule has 0 aliphatic carbocycles. The summed E-state index contributed by atoms with van der Waals surface area (Å²) in [5.74, 6) is 0. The van der Waals surface area contributed by atoms with Gasteiger partial charge in [-0.3, -0.25) is 0 Å². The number of aromatic nitrogens is 3.